The molecule has 1 aliphatic rings. The van der Waals surface area contributed by atoms with E-state index in [4.69, 9.17) is 5.73 Å². The number of fused-ring (bicyclic) bond motifs is 1. The van der Waals surface area contributed by atoms with Gasteiger partial charge in [0.25, 0.3) is 0 Å². The molecule has 2 amide bonds. The van der Waals surface area contributed by atoms with E-state index in [1.54, 1.807) is 10.0 Å². The molecule has 0 spiro atoms. The molecular formula is C12H18N6OS. The quantitative estimate of drug-likeness (QED) is 0.864. The number of urea groups is 1. The van der Waals surface area contributed by atoms with Crippen molar-refractivity contribution in [1.29, 1.82) is 0 Å². The average molecular weight is 294 g/mol. The summed E-state index contributed by atoms with van der Waals surface area (Å²) in [5, 5.41) is 7.11. The second kappa shape index (κ2) is 5.37. The Labute approximate surface area is 120 Å². The zero-order chi connectivity index (χ0) is 14.1. The molecule has 7 nitrogen and oxygen atoms in total. The molecule has 20 heavy (non-hydrogen) atoms. The van der Waals surface area contributed by atoms with E-state index < -0.39 is 0 Å². The van der Waals surface area contributed by atoms with Gasteiger partial charge in [-0.05, 0) is 19.8 Å². The van der Waals surface area contributed by atoms with Crippen LogP contribution in [0.3, 0.4) is 0 Å². The number of rotatable bonds is 2. The largest absolute Gasteiger partial charge is 0.330 e. The molecule has 108 valence electrons. The number of amides is 2. The number of likely N-dealkylation sites (tertiary alicyclic amines) is 1. The fraction of sp³-hybridized carbons (Fsp3) is 0.583. The van der Waals surface area contributed by atoms with E-state index in [9.17, 15) is 4.79 Å². The van der Waals surface area contributed by atoms with Crippen LogP contribution < -0.4 is 11.1 Å². The fourth-order valence-electron chi connectivity index (χ4n) is 2.32. The molecule has 8 heteroatoms. The zero-order valence-corrected chi connectivity index (χ0v) is 12.1. The molecule has 1 unspecified atom stereocenters. The normalized spacial score (nSPS) is 18.4. The average Bonchev–Trinajstić information content (AvgIpc) is 2.99. The third-order valence-electron chi connectivity index (χ3n) is 3.62. The minimum atomic E-state index is -0.132. The summed E-state index contributed by atoms with van der Waals surface area (Å²) in [6.45, 7) is 3.37. The maximum Gasteiger partial charge on any atom is 0.317 e. The first kappa shape index (κ1) is 13.3. The Kier molecular flexibility index (Phi) is 3.58. The highest BCUT2D eigenvalue weighted by atomic mass is 32.1. The lowest BCUT2D eigenvalue weighted by molar-refractivity contribution is 0.178. The van der Waals surface area contributed by atoms with Gasteiger partial charge in [-0.3, -0.25) is 0 Å². The summed E-state index contributed by atoms with van der Waals surface area (Å²) < 4.78 is 1.72. The minimum absolute atomic E-state index is 0.0475. The number of nitrogens with one attached hydrogen (secondary N) is 1. The molecule has 2 aromatic heterocycles. The molecule has 3 rings (SSSR count). The van der Waals surface area contributed by atoms with Crippen LogP contribution in [-0.2, 0) is 0 Å². The molecule has 1 saturated heterocycles. The van der Waals surface area contributed by atoms with E-state index in [2.05, 4.69) is 15.4 Å². The first-order chi connectivity index (χ1) is 9.63. The third kappa shape index (κ3) is 2.61. The van der Waals surface area contributed by atoms with Crippen LogP contribution in [-0.4, -0.2) is 44.7 Å². The monoisotopic (exact) mass is 294 g/mol. The number of hydrogen-bond acceptors (Lipinski definition) is 5. The predicted molar refractivity (Wildman–Crippen MR) is 76.6 cm³/mol. The molecule has 0 radical (unpaired) electrons. The SMILES string of the molecule is CC(NC(=O)N1CCC(N)CC1)c1cn2ncsc2n1. The number of nitrogens with zero attached hydrogens (tertiary/aromatic N) is 4. The lowest BCUT2D eigenvalue weighted by atomic mass is 10.1. The van der Waals surface area contributed by atoms with Crippen molar-refractivity contribution in [1.82, 2.24) is 24.8 Å². The molecule has 0 aromatic carbocycles. The predicted octanol–water partition coefficient (Wildman–Crippen LogP) is 0.985. The second-order valence-corrected chi connectivity index (χ2v) is 5.94. The van der Waals surface area contributed by atoms with Crippen molar-refractivity contribution < 1.29 is 4.79 Å². The van der Waals surface area contributed by atoms with Crippen LogP contribution in [0.4, 0.5) is 4.79 Å². The highest BCUT2D eigenvalue weighted by molar-refractivity contribution is 7.14. The molecule has 1 atom stereocenters. The lowest BCUT2D eigenvalue weighted by Crippen LogP contribution is -2.47. The van der Waals surface area contributed by atoms with Gasteiger partial charge in [-0.2, -0.15) is 5.10 Å². The number of imidazole rings is 1. The number of hydrogen-bond donors (Lipinski definition) is 2. The van der Waals surface area contributed by atoms with Crippen LogP contribution >= 0.6 is 11.3 Å². The van der Waals surface area contributed by atoms with Crippen LogP contribution in [0.2, 0.25) is 0 Å². The molecule has 1 aliphatic heterocycles. The van der Waals surface area contributed by atoms with Crippen molar-refractivity contribution in [3.63, 3.8) is 0 Å². The second-order valence-electron chi connectivity index (χ2n) is 5.13. The van der Waals surface area contributed by atoms with Gasteiger partial charge in [0.05, 0.1) is 17.9 Å². The number of carbonyl (C=O) groups is 1. The Morgan fingerprint density at radius 3 is 3.00 bits per heavy atom. The van der Waals surface area contributed by atoms with Crippen molar-refractivity contribution >= 4 is 22.3 Å². The summed E-state index contributed by atoms with van der Waals surface area (Å²) in [5.41, 5.74) is 8.41. The van der Waals surface area contributed by atoms with Crippen LogP contribution in [0, 0.1) is 0 Å². The molecular weight excluding hydrogens is 276 g/mol. The zero-order valence-electron chi connectivity index (χ0n) is 11.3. The summed E-state index contributed by atoms with van der Waals surface area (Å²) in [6, 6.07) is 0.0446. The Bertz CT molecular complexity index is 571. The van der Waals surface area contributed by atoms with Gasteiger partial charge in [-0.1, -0.05) is 11.3 Å². The van der Waals surface area contributed by atoms with Gasteiger partial charge < -0.3 is 16.0 Å². The molecule has 0 saturated carbocycles. The van der Waals surface area contributed by atoms with Gasteiger partial charge >= 0.3 is 6.03 Å². The summed E-state index contributed by atoms with van der Waals surface area (Å²) in [7, 11) is 0. The van der Waals surface area contributed by atoms with Crippen molar-refractivity contribution in [3.05, 3.63) is 17.4 Å². The highest BCUT2D eigenvalue weighted by Crippen LogP contribution is 2.16. The maximum absolute atomic E-state index is 12.2. The summed E-state index contributed by atoms with van der Waals surface area (Å²) in [5.74, 6) is 0. The van der Waals surface area contributed by atoms with Gasteiger partial charge in [0, 0.05) is 19.1 Å². The smallest absolute Gasteiger partial charge is 0.317 e. The van der Waals surface area contributed by atoms with E-state index in [1.807, 2.05) is 18.0 Å². The van der Waals surface area contributed by atoms with Crippen LogP contribution in [0.1, 0.15) is 31.5 Å². The molecule has 1 fully saturated rings. The Hall–Kier alpha value is -1.67. The van der Waals surface area contributed by atoms with E-state index in [0.717, 1.165) is 36.6 Å². The van der Waals surface area contributed by atoms with Crippen LogP contribution in [0.15, 0.2) is 11.7 Å². The van der Waals surface area contributed by atoms with Crippen LogP contribution in [0.5, 0.6) is 0 Å². The van der Waals surface area contributed by atoms with Crippen LogP contribution in [0.25, 0.3) is 4.96 Å². The van der Waals surface area contributed by atoms with E-state index >= 15 is 0 Å². The minimum Gasteiger partial charge on any atom is -0.330 e. The van der Waals surface area contributed by atoms with Gasteiger partial charge in [0.2, 0.25) is 4.96 Å². The Morgan fingerprint density at radius 2 is 2.30 bits per heavy atom. The van der Waals surface area contributed by atoms with Crippen molar-refractivity contribution in [2.75, 3.05) is 13.1 Å². The number of aromatic nitrogens is 3. The first-order valence-electron chi connectivity index (χ1n) is 6.73. The van der Waals surface area contributed by atoms with Crippen molar-refractivity contribution in [3.8, 4) is 0 Å². The lowest BCUT2D eigenvalue weighted by Gasteiger charge is -2.31. The highest BCUT2D eigenvalue weighted by Gasteiger charge is 2.22. The van der Waals surface area contributed by atoms with Crippen molar-refractivity contribution in [2.24, 2.45) is 5.73 Å². The van der Waals surface area contributed by atoms with Gasteiger partial charge in [-0.15, -0.1) is 0 Å². The number of piperidine rings is 1. The molecule has 3 N–H and O–H groups in total. The Balaban J connectivity index is 1.62. The van der Waals surface area contributed by atoms with Crippen molar-refractivity contribution in [2.45, 2.75) is 31.8 Å². The Morgan fingerprint density at radius 1 is 1.55 bits per heavy atom. The van der Waals surface area contributed by atoms with Gasteiger partial charge in [0.15, 0.2) is 0 Å². The molecule has 0 bridgehead atoms. The maximum atomic E-state index is 12.2. The van der Waals surface area contributed by atoms with E-state index in [-0.39, 0.29) is 18.1 Å². The van der Waals surface area contributed by atoms with Gasteiger partial charge in [0.1, 0.15) is 5.51 Å². The van der Waals surface area contributed by atoms with E-state index in [0.29, 0.717) is 0 Å². The summed E-state index contributed by atoms with van der Waals surface area (Å²) in [4.78, 5) is 19.3. The molecule has 0 aliphatic carbocycles. The topological polar surface area (TPSA) is 88.5 Å². The molecule has 2 aromatic rings. The fourth-order valence-corrected chi connectivity index (χ4v) is 2.93. The summed E-state index contributed by atoms with van der Waals surface area (Å²) in [6.07, 6.45) is 3.58. The molecule has 3 heterocycles. The standard InChI is InChI=1S/C12H18N6OS/c1-8(10-6-18-12(16-10)20-7-14-18)15-11(19)17-4-2-9(13)3-5-17/h6-9H,2-5,13H2,1H3,(H,15,19). The van der Waals surface area contributed by atoms with E-state index in [1.165, 1.54) is 11.3 Å². The van der Waals surface area contributed by atoms with Gasteiger partial charge in [-0.25, -0.2) is 14.3 Å². The third-order valence-corrected chi connectivity index (χ3v) is 4.30. The number of carbonyl (C=O) groups excluding carboxylic acids is 1. The number of nitrogens with two attached hydrogens (primary N) is 1. The summed E-state index contributed by atoms with van der Waals surface area (Å²) >= 11 is 1.48. The first-order valence-corrected chi connectivity index (χ1v) is 7.61.